The lowest BCUT2D eigenvalue weighted by atomic mass is 10.1. The Bertz CT molecular complexity index is 649. The Morgan fingerprint density at radius 3 is 2.45 bits per heavy atom. The Kier molecular flexibility index (Phi) is 5.24. The predicted octanol–water partition coefficient (Wildman–Crippen LogP) is 2.26. The van der Waals surface area contributed by atoms with Crippen LogP contribution in [-0.2, 0) is 10.0 Å². The highest BCUT2D eigenvalue weighted by atomic mass is 32.2. The van der Waals surface area contributed by atoms with Gasteiger partial charge >= 0.3 is 0 Å². The second-order valence-electron chi connectivity index (χ2n) is 5.76. The van der Waals surface area contributed by atoms with Crippen LogP contribution in [-0.4, -0.2) is 50.2 Å². The van der Waals surface area contributed by atoms with E-state index in [4.69, 9.17) is 0 Å². The summed E-state index contributed by atoms with van der Waals surface area (Å²) in [6.07, 6.45) is 2.87. The summed E-state index contributed by atoms with van der Waals surface area (Å²) in [6.45, 7) is 5.37. The molecule has 1 aliphatic heterocycles. The minimum Gasteiger partial charge on any atom is -0.342 e. The van der Waals surface area contributed by atoms with Crippen LogP contribution in [0.3, 0.4) is 0 Å². The van der Waals surface area contributed by atoms with Crippen molar-refractivity contribution in [3.63, 3.8) is 0 Å². The second kappa shape index (κ2) is 6.79. The number of hydrogen-bond acceptors (Lipinski definition) is 3. The van der Waals surface area contributed by atoms with Crippen LogP contribution in [0, 0.1) is 6.92 Å². The van der Waals surface area contributed by atoms with Crippen LogP contribution in [0.5, 0.6) is 0 Å². The fourth-order valence-electron chi connectivity index (χ4n) is 2.62. The molecule has 1 amide bonds. The van der Waals surface area contributed by atoms with Gasteiger partial charge in [0.2, 0.25) is 10.0 Å². The van der Waals surface area contributed by atoms with Crippen LogP contribution in [0.25, 0.3) is 0 Å². The zero-order valence-electron chi connectivity index (χ0n) is 13.5. The van der Waals surface area contributed by atoms with E-state index in [1.165, 1.54) is 10.4 Å². The van der Waals surface area contributed by atoms with Crippen molar-refractivity contribution >= 4 is 15.9 Å². The number of sulfonamides is 1. The van der Waals surface area contributed by atoms with Crippen LogP contribution in [0.4, 0.5) is 0 Å². The summed E-state index contributed by atoms with van der Waals surface area (Å²) in [6, 6.07) is 4.93. The third-order valence-corrected chi connectivity index (χ3v) is 6.23. The maximum atomic E-state index is 12.8. The molecule has 0 aromatic heterocycles. The Morgan fingerprint density at radius 1 is 1.23 bits per heavy atom. The van der Waals surface area contributed by atoms with Gasteiger partial charge in [-0.25, -0.2) is 8.42 Å². The quantitative estimate of drug-likeness (QED) is 0.853. The van der Waals surface area contributed by atoms with Gasteiger partial charge in [0.25, 0.3) is 5.91 Å². The summed E-state index contributed by atoms with van der Waals surface area (Å²) in [4.78, 5) is 14.1. The van der Waals surface area contributed by atoms with E-state index in [1.807, 2.05) is 6.92 Å². The van der Waals surface area contributed by atoms with E-state index >= 15 is 0 Å². The number of piperidine rings is 1. The van der Waals surface area contributed by atoms with Gasteiger partial charge < -0.3 is 4.90 Å². The number of carbonyl (C=O) groups excluding carboxylic acids is 1. The van der Waals surface area contributed by atoms with Crippen molar-refractivity contribution in [1.29, 1.82) is 0 Å². The average Bonchev–Trinajstić information content (AvgIpc) is 2.54. The van der Waals surface area contributed by atoms with E-state index in [-0.39, 0.29) is 10.8 Å². The van der Waals surface area contributed by atoms with E-state index in [2.05, 4.69) is 0 Å². The maximum absolute atomic E-state index is 12.8. The minimum absolute atomic E-state index is 0.155. The van der Waals surface area contributed by atoms with Gasteiger partial charge in [0.05, 0.1) is 4.90 Å². The molecule has 5 nitrogen and oxygen atoms in total. The van der Waals surface area contributed by atoms with Gasteiger partial charge in [-0.05, 0) is 44.4 Å². The highest BCUT2D eigenvalue weighted by Crippen LogP contribution is 2.24. The molecular formula is C16H24N2O3S. The van der Waals surface area contributed by atoms with Crippen molar-refractivity contribution in [1.82, 2.24) is 9.21 Å². The number of aryl methyl sites for hydroxylation is 1. The summed E-state index contributed by atoms with van der Waals surface area (Å²) in [5, 5.41) is 0. The molecule has 0 radical (unpaired) electrons. The van der Waals surface area contributed by atoms with Crippen molar-refractivity contribution in [2.24, 2.45) is 0 Å². The standard InChI is InChI=1S/C16H24N2O3S/c1-4-17(3)16(19)14-9-8-13(2)15(12-14)22(20,21)18-10-6-5-7-11-18/h8-9,12H,4-7,10-11H2,1-3H3. The molecule has 0 atom stereocenters. The zero-order chi connectivity index (χ0) is 16.3. The average molecular weight is 324 g/mol. The monoisotopic (exact) mass is 324 g/mol. The fourth-order valence-corrected chi connectivity index (χ4v) is 4.39. The van der Waals surface area contributed by atoms with Crippen LogP contribution < -0.4 is 0 Å². The lowest BCUT2D eigenvalue weighted by molar-refractivity contribution is 0.0802. The number of benzene rings is 1. The molecule has 1 fully saturated rings. The van der Waals surface area contributed by atoms with Gasteiger partial charge in [-0.2, -0.15) is 4.31 Å². The van der Waals surface area contributed by atoms with Gasteiger partial charge in [-0.15, -0.1) is 0 Å². The first kappa shape index (κ1) is 17.0. The molecule has 1 aliphatic rings. The molecule has 2 rings (SSSR count). The minimum atomic E-state index is -3.52. The third kappa shape index (κ3) is 3.33. The van der Waals surface area contributed by atoms with Crippen LogP contribution in [0.15, 0.2) is 23.1 Å². The van der Waals surface area contributed by atoms with E-state index in [1.54, 1.807) is 31.0 Å². The lowest BCUT2D eigenvalue weighted by Crippen LogP contribution is -2.36. The molecule has 1 aromatic rings. The van der Waals surface area contributed by atoms with E-state index in [0.717, 1.165) is 19.3 Å². The Hall–Kier alpha value is -1.40. The number of carbonyl (C=O) groups is 1. The van der Waals surface area contributed by atoms with Crippen molar-refractivity contribution in [3.8, 4) is 0 Å². The molecule has 0 unspecified atom stereocenters. The number of hydrogen-bond donors (Lipinski definition) is 0. The van der Waals surface area contributed by atoms with Crippen LogP contribution in [0.2, 0.25) is 0 Å². The molecular weight excluding hydrogens is 300 g/mol. The molecule has 1 saturated heterocycles. The van der Waals surface area contributed by atoms with Gasteiger partial charge in [-0.1, -0.05) is 12.5 Å². The van der Waals surface area contributed by atoms with Crippen LogP contribution in [0.1, 0.15) is 42.1 Å². The Morgan fingerprint density at radius 2 is 1.86 bits per heavy atom. The first-order valence-electron chi connectivity index (χ1n) is 7.74. The van der Waals surface area contributed by atoms with Crippen molar-refractivity contribution in [3.05, 3.63) is 29.3 Å². The fraction of sp³-hybridized carbons (Fsp3) is 0.562. The molecule has 6 heteroatoms. The predicted molar refractivity (Wildman–Crippen MR) is 86.4 cm³/mol. The van der Waals surface area contributed by atoms with Gasteiger partial charge in [0.15, 0.2) is 0 Å². The molecule has 122 valence electrons. The largest absolute Gasteiger partial charge is 0.342 e. The highest BCUT2D eigenvalue weighted by Gasteiger charge is 2.28. The smallest absolute Gasteiger partial charge is 0.253 e. The molecule has 0 bridgehead atoms. The summed E-state index contributed by atoms with van der Waals surface area (Å²) < 4.78 is 27.2. The van der Waals surface area contributed by atoms with E-state index in [9.17, 15) is 13.2 Å². The van der Waals surface area contributed by atoms with E-state index < -0.39 is 10.0 Å². The summed E-state index contributed by atoms with van der Waals surface area (Å²) in [7, 11) is -1.81. The zero-order valence-corrected chi connectivity index (χ0v) is 14.3. The summed E-state index contributed by atoms with van der Waals surface area (Å²) in [5.41, 5.74) is 1.10. The van der Waals surface area contributed by atoms with Crippen molar-refractivity contribution in [2.75, 3.05) is 26.7 Å². The number of nitrogens with zero attached hydrogens (tertiary/aromatic N) is 2. The van der Waals surface area contributed by atoms with Crippen LogP contribution >= 0.6 is 0 Å². The molecule has 0 N–H and O–H groups in total. The highest BCUT2D eigenvalue weighted by molar-refractivity contribution is 7.89. The summed E-state index contributed by atoms with van der Waals surface area (Å²) >= 11 is 0. The van der Waals surface area contributed by atoms with Gasteiger partial charge in [0, 0.05) is 32.2 Å². The third-order valence-electron chi connectivity index (χ3n) is 4.19. The first-order chi connectivity index (χ1) is 10.4. The van der Waals surface area contributed by atoms with E-state index in [0.29, 0.717) is 30.8 Å². The Labute approximate surface area is 133 Å². The molecule has 0 spiro atoms. The SMILES string of the molecule is CCN(C)C(=O)c1ccc(C)c(S(=O)(=O)N2CCCCC2)c1. The van der Waals surface area contributed by atoms with Gasteiger partial charge in [0.1, 0.15) is 0 Å². The summed E-state index contributed by atoms with van der Waals surface area (Å²) in [5.74, 6) is -0.155. The Balaban J connectivity index is 2.39. The molecule has 1 aromatic carbocycles. The normalized spacial score (nSPS) is 16.5. The number of rotatable bonds is 4. The number of amides is 1. The molecule has 0 saturated carbocycles. The van der Waals surface area contributed by atoms with Crippen molar-refractivity contribution in [2.45, 2.75) is 38.0 Å². The first-order valence-corrected chi connectivity index (χ1v) is 9.18. The second-order valence-corrected chi connectivity index (χ2v) is 7.67. The molecule has 1 heterocycles. The van der Waals surface area contributed by atoms with Crippen molar-refractivity contribution < 1.29 is 13.2 Å². The molecule has 0 aliphatic carbocycles. The lowest BCUT2D eigenvalue weighted by Gasteiger charge is -2.27. The van der Waals surface area contributed by atoms with Gasteiger partial charge in [-0.3, -0.25) is 4.79 Å². The maximum Gasteiger partial charge on any atom is 0.253 e. The molecule has 22 heavy (non-hydrogen) atoms. The topological polar surface area (TPSA) is 57.7 Å².